The minimum Gasteiger partial charge on any atom is -0.384 e. The first-order valence-corrected chi connectivity index (χ1v) is 8.10. The maximum absolute atomic E-state index is 13.8. The number of thiophene rings is 1. The van der Waals surface area contributed by atoms with Crippen LogP contribution in [0.4, 0.5) is 19.0 Å². The average molecular weight is 371 g/mol. The van der Waals surface area contributed by atoms with Gasteiger partial charge in [-0.05, 0) is 19.1 Å². The molecule has 0 radical (unpaired) electrons. The van der Waals surface area contributed by atoms with E-state index in [4.69, 9.17) is 5.73 Å². The lowest BCUT2D eigenvalue weighted by Crippen LogP contribution is -2.45. The molecule has 0 aliphatic carbocycles. The van der Waals surface area contributed by atoms with Crippen LogP contribution >= 0.6 is 11.3 Å². The van der Waals surface area contributed by atoms with Crippen LogP contribution in [0.2, 0.25) is 0 Å². The molecule has 3 aromatic rings. The van der Waals surface area contributed by atoms with E-state index in [1.54, 1.807) is 0 Å². The van der Waals surface area contributed by atoms with Crippen molar-refractivity contribution in [3.8, 4) is 0 Å². The fraction of sp³-hybridized carbons (Fsp3) is 0.333. The van der Waals surface area contributed by atoms with Gasteiger partial charge in [-0.25, -0.2) is 9.67 Å². The van der Waals surface area contributed by atoms with Crippen LogP contribution in [0.1, 0.15) is 21.1 Å². The van der Waals surface area contributed by atoms with Crippen LogP contribution in [0.15, 0.2) is 30.7 Å². The van der Waals surface area contributed by atoms with Crippen LogP contribution in [0.3, 0.4) is 0 Å². The standard InChI is InChI=1S/C15H16F3N5OS/c1-9-3-4-10(25-9)8-23-12(19)11(7-21-23)14(24,15(16,17)18)13-20-5-6-22(13)2/h3-7,24H,8,19H2,1-2H3. The Labute approximate surface area is 145 Å². The van der Waals surface area contributed by atoms with Gasteiger partial charge in [0, 0.05) is 29.2 Å². The smallest absolute Gasteiger partial charge is 0.384 e. The van der Waals surface area contributed by atoms with E-state index in [9.17, 15) is 18.3 Å². The third kappa shape index (κ3) is 2.81. The van der Waals surface area contributed by atoms with E-state index in [-0.39, 0.29) is 12.4 Å². The number of nitrogen functional groups attached to an aromatic ring is 1. The normalized spacial score (nSPS) is 14.6. The molecule has 25 heavy (non-hydrogen) atoms. The van der Waals surface area contributed by atoms with Gasteiger partial charge >= 0.3 is 6.18 Å². The summed E-state index contributed by atoms with van der Waals surface area (Å²) in [5, 5.41) is 14.5. The van der Waals surface area contributed by atoms with Crippen molar-refractivity contribution in [3.63, 3.8) is 0 Å². The highest BCUT2D eigenvalue weighted by molar-refractivity contribution is 7.11. The maximum Gasteiger partial charge on any atom is 0.429 e. The lowest BCUT2D eigenvalue weighted by molar-refractivity contribution is -0.251. The summed E-state index contributed by atoms with van der Waals surface area (Å²) in [5.41, 5.74) is 2.02. The van der Waals surface area contributed by atoms with E-state index in [0.29, 0.717) is 0 Å². The lowest BCUT2D eigenvalue weighted by Gasteiger charge is -2.29. The SMILES string of the molecule is Cc1ccc(Cn2ncc(C(O)(c3nccn3C)C(F)(F)F)c2N)s1. The van der Waals surface area contributed by atoms with E-state index in [0.717, 1.165) is 20.5 Å². The number of hydrogen-bond acceptors (Lipinski definition) is 5. The summed E-state index contributed by atoms with van der Waals surface area (Å²) in [7, 11) is 1.37. The van der Waals surface area contributed by atoms with Crippen molar-refractivity contribution in [1.82, 2.24) is 19.3 Å². The molecule has 10 heteroatoms. The summed E-state index contributed by atoms with van der Waals surface area (Å²) in [6.07, 6.45) is -1.58. The third-order valence-electron chi connectivity index (χ3n) is 3.93. The van der Waals surface area contributed by atoms with Gasteiger partial charge in [-0.15, -0.1) is 11.3 Å². The number of alkyl halides is 3. The quantitative estimate of drug-likeness (QED) is 0.738. The van der Waals surface area contributed by atoms with Gasteiger partial charge in [0.05, 0.1) is 18.3 Å². The fourth-order valence-corrected chi connectivity index (χ4v) is 3.50. The summed E-state index contributed by atoms with van der Waals surface area (Å²) in [5.74, 6) is -0.827. The van der Waals surface area contributed by atoms with E-state index in [1.165, 1.54) is 35.5 Å². The third-order valence-corrected chi connectivity index (χ3v) is 4.91. The van der Waals surface area contributed by atoms with Crippen molar-refractivity contribution in [3.05, 3.63) is 51.9 Å². The topological polar surface area (TPSA) is 81.9 Å². The van der Waals surface area contributed by atoms with Gasteiger partial charge in [0.25, 0.3) is 0 Å². The van der Waals surface area contributed by atoms with Crippen molar-refractivity contribution in [2.75, 3.05) is 5.73 Å². The number of aromatic nitrogens is 4. The minimum atomic E-state index is -5.02. The molecule has 0 aliphatic heterocycles. The number of aliphatic hydroxyl groups is 1. The molecular weight excluding hydrogens is 355 g/mol. The summed E-state index contributed by atoms with van der Waals surface area (Å²) >= 11 is 1.50. The molecule has 0 amide bonds. The van der Waals surface area contributed by atoms with Gasteiger partial charge in [-0.3, -0.25) is 0 Å². The van der Waals surface area contributed by atoms with E-state index in [2.05, 4.69) is 10.1 Å². The predicted octanol–water partition coefficient (Wildman–Crippen LogP) is 2.42. The Kier molecular flexibility index (Phi) is 4.12. The van der Waals surface area contributed by atoms with Gasteiger partial charge in [-0.2, -0.15) is 18.3 Å². The number of hydrogen-bond donors (Lipinski definition) is 2. The summed E-state index contributed by atoms with van der Waals surface area (Å²) in [4.78, 5) is 5.64. The summed E-state index contributed by atoms with van der Waals surface area (Å²) < 4.78 is 43.6. The van der Waals surface area contributed by atoms with Gasteiger partial charge in [0.15, 0.2) is 5.82 Å². The fourth-order valence-electron chi connectivity index (χ4n) is 2.63. The van der Waals surface area contributed by atoms with Gasteiger partial charge in [-0.1, -0.05) is 0 Å². The molecular formula is C15H16F3N5OS. The second kappa shape index (κ2) is 5.88. The molecule has 134 valence electrons. The van der Waals surface area contributed by atoms with Crippen molar-refractivity contribution in [2.24, 2.45) is 7.05 Å². The Balaban J connectivity index is 2.08. The molecule has 0 spiro atoms. The number of anilines is 1. The second-order valence-corrected chi connectivity index (χ2v) is 7.06. The van der Waals surface area contributed by atoms with Crippen LogP contribution in [0, 0.1) is 6.92 Å². The van der Waals surface area contributed by atoms with E-state index < -0.39 is 23.2 Å². The van der Waals surface area contributed by atoms with Crippen LogP contribution in [0.25, 0.3) is 0 Å². The van der Waals surface area contributed by atoms with Crippen LogP contribution in [-0.4, -0.2) is 30.6 Å². The predicted molar refractivity (Wildman–Crippen MR) is 87.1 cm³/mol. The number of nitrogens with two attached hydrogens (primary N) is 1. The van der Waals surface area contributed by atoms with Crippen LogP contribution in [-0.2, 0) is 19.2 Å². The number of aryl methyl sites for hydroxylation is 2. The molecule has 3 rings (SSSR count). The zero-order chi connectivity index (χ0) is 18.4. The molecule has 0 saturated heterocycles. The molecule has 3 N–H and O–H groups in total. The Morgan fingerprint density at radius 2 is 2.04 bits per heavy atom. The molecule has 1 atom stereocenters. The van der Waals surface area contributed by atoms with Crippen molar-refractivity contribution in [2.45, 2.75) is 25.2 Å². The highest BCUT2D eigenvalue weighted by atomic mass is 32.1. The second-order valence-electron chi connectivity index (χ2n) is 5.68. The van der Waals surface area contributed by atoms with E-state index in [1.807, 2.05) is 19.1 Å². The monoisotopic (exact) mass is 371 g/mol. The highest BCUT2D eigenvalue weighted by Crippen LogP contribution is 2.45. The first-order valence-electron chi connectivity index (χ1n) is 7.28. The largest absolute Gasteiger partial charge is 0.429 e. The zero-order valence-corrected chi connectivity index (χ0v) is 14.3. The van der Waals surface area contributed by atoms with E-state index >= 15 is 0 Å². The zero-order valence-electron chi connectivity index (χ0n) is 13.4. The summed E-state index contributed by atoms with van der Waals surface area (Å²) in [6, 6.07) is 3.76. The molecule has 0 fully saturated rings. The lowest BCUT2D eigenvalue weighted by atomic mass is 9.94. The molecule has 0 aromatic carbocycles. The van der Waals surface area contributed by atoms with Crippen molar-refractivity contribution in [1.29, 1.82) is 0 Å². The Morgan fingerprint density at radius 1 is 1.32 bits per heavy atom. The average Bonchev–Trinajstić information content (AvgIpc) is 3.21. The first-order chi connectivity index (χ1) is 11.6. The molecule has 1 unspecified atom stereocenters. The van der Waals surface area contributed by atoms with Crippen LogP contribution < -0.4 is 5.73 Å². The number of imidazole rings is 1. The Hall–Kier alpha value is -2.33. The molecule has 3 heterocycles. The van der Waals surface area contributed by atoms with Gasteiger partial charge in [0.2, 0.25) is 5.60 Å². The molecule has 0 aliphatic rings. The van der Waals surface area contributed by atoms with Crippen molar-refractivity contribution < 1.29 is 18.3 Å². The minimum absolute atomic E-state index is 0.221. The highest BCUT2D eigenvalue weighted by Gasteiger charge is 2.60. The Morgan fingerprint density at radius 3 is 2.56 bits per heavy atom. The number of nitrogens with zero attached hydrogens (tertiary/aromatic N) is 4. The van der Waals surface area contributed by atoms with Crippen LogP contribution in [0.5, 0.6) is 0 Å². The number of halogens is 3. The number of rotatable bonds is 4. The molecule has 0 saturated carbocycles. The van der Waals surface area contributed by atoms with Gasteiger partial charge < -0.3 is 15.4 Å². The molecule has 0 bridgehead atoms. The Bertz CT molecular complexity index is 897. The first kappa shape index (κ1) is 17.5. The van der Waals surface area contributed by atoms with Gasteiger partial charge in [0.1, 0.15) is 5.82 Å². The van der Waals surface area contributed by atoms with Crippen molar-refractivity contribution >= 4 is 17.2 Å². The maximum atomic E-state index is 13.8. The molecule has 3 aromatic heterocycles. The summed E-state index contributed by atoms with van der Waals surface area (Å²) in [6.45, 7) is 2.15. The molecule has 6 nitrogen and oxygen atoms in total.